The zero-order valence-electron chi connectivity index (χ0n) is 24.8. The number of benzene rings is 1. The number of nitrogens with zero attached hydrogens (tertiary/aromatic N) is 5. The number of carbonyl (C=O) groups is 3. The highest BCUT2D eigenvalue weighted by atomic mass is 16.5. The van der Waals surface area contributed by atoms with Gasteiger partial charge in [0.1, 0.15) is 24.4 Å². The van der Waals surface area contributed by atoms with Crippen molar-refractivity contribution in [3.05, 3.63) is 29.3 Å². The number of hydrogen-bond acceptors (Lipinski definition) is 12. The van der Waals surface area contributed by atoms with Gasteiger partial charge in [0.05, 0.1) is 24.8 Å². The highest BCUT2D eigenvalue weighted by Gasteiger charge is 2.73. The molecule has 2 saturated heterocycles. The van der Waals surface area contributed by atoms with Crippen LogP contribution in [0.3, 0.4) is 0 Å². The minimum atomic E-state index is -2.67. The summed E-state index contributed by atoms with van der Waals surface area (Å²) in [7, 11) is 0. The molecule has 8 N–H and O–H groups in total. The molecule has 6 aliphatic rings. The van der Waals surface area contributed by atoms with Crippen molar-refractivity contribution in [1.29, 1.82) is 0 Å². The number of fused-ring (bicyclic) bond motifs is 1. The summed E-state index contributed by atoms with van der Waals surface area (Å²) in [5.41, 5.74) is 11.7. The second-order valence-corrected chi connectivity index (χ2v) is 13.3. The first kappa shape index (κ1) is 28.6. The molecule has 1 saturated carbocycles. The quantitative estimate of drug-likeness (QED) is 0.172. The molecule has 44 heavy (non-hydrogen) atoms. The van der Waals surface area contributed by atoms with E-state index in [0.717, 1.165) is 42.6 Å². The average Bonchev–Trinajstić information content (AvgIpc) is 3.72. The second-order valence-electron chi connectivity index (χ2n) is 13.3. The van der Waals surface area contributed by atoms with Crippen LogP contribution in [0, 0.1) is 0 Å². The third-order valence-corrected chi connectivity index (χ3v) is 10.3. The lowest BCUT2D eigenvalue weighted by Gasteiger charge is -2.49. The Bertz CT molecular complexity index is 1490. The minimum Gasteiger partial charge on any atom is -0.492 e. The number of ether oxygens (including phenoxy) is 1. The Morgan fingerprint density at radius 3 is 2.68 bits per heavy atom. The largest absolute Gasteiger partial charge is 0.492 e. The molecule has 0 radical (unpaired) electrons. The number of para-hydroxylation sites is 1. The van der Waals surface area contributed by atoms with Crippen LogP contribution in [0.25, 0.3) is 0 Å². The van der Waals surface area contributed by atoms with Gasteiger partial charge in [0.15, 0.2) is 17.6 Å². The van der Waals surface area contributed by atoms with E-state index in [1.807, 2.05) is 6.07 Å². The normalized spacial score (nSPS) is 32.0. The molecule has 0 aromatic heterocycles. The van der Waals surface area contributed by atoms with Crippen molar-refractivity contribution in [2.75, 3.05) is 26.2 Å². The summed E-state index contributed by atoms with van der Waals surface area (Å²) >= 11 is 0. The van der Waals surface area contributed by atoms with Gasteiger partial charge in [-0.25, -0.2) is 14.8 Å². The van der Waals surface area contributed by atoms with E-state index in [9.17, 15) is 24.6 Å². The number of amides is 4. The van der Waals surface area contributed by atoms with Gasteiger partial charge in [0.25, 0.3) is 5.91 Å². The highest BCUT2D eigenvalue weighted by Crippen LogP contribution is 2.46. The zero-order valence-corrected chi connectivity index (χ0v) is 24.8. The molecule has 5 aliphatic heterocycles. The topological polar surface area (TPSA) is 211 Å². The van der Waals surface area contributed by atoms with Gasteiger partial charge in [0, 0.05) is 18.2 Å². The first-order valence-corrected chi connectivity index (χ1v) is 15.2. The van der Waals surface area contributed by atoms with Crippen molar-refractivity contribution < 1.29 is 29.3 Å². The highest BCUT2D eigenvalue weighted by molar-refractivity contribution is 6.02. The standard InChI is InChI=1S/C29H39N9O6/c1-27(2)10-11-44-21-16(8-5-9-17(21)27)23(40)33-19-13-38-25(31)32-18(22-28(38,29(19,42)43)35-24(30)34-22)12-37-20(39)14-36(26(37)41)15-6-3-4-7-15/h5,8-9,15,18-19,22,42-43H,3-4,6-7,10-14H2,1-2H3,(H2,31,32)(H,33,40)(H3,30,34,35). The first-order chi connectivity index (χ1) is 20.8. The van der Waals surface area contributed by atoms with Gasteiger partial charge in [-0.15, -0.1) is 0 Å². The molecule has 5 heterocycles. The molecule has 236 valence electrons. The molecule has 1 aliphatic carbocycles. The van der Waals surface area contributed by atoms with Crippen molar-refractivity contribution in [3.8, 4) is 5.75 Å². The summed E-state index contributed by atoms with van der Waals surface area (Å²) in [6.45, 7) is 4.30. The van der Waals surface area contributed by atoms with Gasteiger partial charge in [-0.3, -0.25) is 14.5 Å². The number of carbonyl (C=O) groups excluding carboxylic acids is 3. The van der Waals surface area contributed by atoms with Crippen LogP contribution in [0.1, 0.15) is 61.9 Å². The van der Waals surface area contributed by atoms with Gasteiger partial charge < -0.3 is 46.9 Å². The molecule has 0 bridgehead atoms. The Labute approximate surface area is 254 Å². The van der Waals surface area contributed by atoms with E-state index in [-0.39, 0.29) is 54.5 Å². The van der Waals surface area contributed by atoms with Crippen LogP contribution in [-0.4, -0.2) is 117 Å². The van der Waals surface area contributed by atoms with Crippen molar-refractivity contribution >= 4 is 29.8 Å². The number of guanidine groups is 2. The lowest BCUT2D eigenvalue weighted by molar-refractivity contribution is -0.230. The average molecular weight is 610 g/mol. The Morgan fingerprint density at radius 2 is 1.93 bits per heavy atom. The van der Waals surface area contributed by atoms with Crippen LogP contribution in [0.2, 0.25) is 0 Å². The van der Waals surface area contributed by atoms with Crippen molar-refractivity contribution in [1.82, 2.24) is 25.3 Å². The molecule has 4 amide bonds. The van der Waals surface area contributed by atoms with E-state index >= 15 is 0 Å². The molecular formula is C29H39N9O6. The summed E-state index contributed by atoms with van der Waals surface area (Å²) in [4.78, 5) is 53.2. The molecule has 15 nitrogen and oxygen atoms in total. The van der Waals surface area contributed by atoms with Crippen LogP contribution >= 0.6 is 0 Å². The third kappa shape index (κ3) is 3.98. The number of urea groups is 1. The zero-order chi connectivity index (χ0) is 31.2. The van der Waals surface area contributed by atoms with E-state index in [2.05, 4.69) is 34.5 Å². The molecule has 3 fully saturated rings. The molecule has 1 aromatic carbocycles. The van der Waals surface area contributed by atoms with Gasteiger partial charge in [0.2, 0.25) is 11.7 Å². The van der Waals surface area contributed by atoms with E-state index < -0.39 is 41.5 Å². The van der Waals surface area contributed by atoms with Crippen molar-refractivity contribution in [3.63, 3.8) is 0 Å². The molecular weight excluding hydrogens is 570 g/mol. The first-order valence-electron chi connectivity index (χ1n) is 15.2. The monoisotopic (exact) mass is 609 g/mol. The maximum absolute atomic E-state index is 13.7. The molecule has 4 unspecified atom stereocenters. The summed E-state index contributed by atoms with van der Waals surface area (Å²) in [6.07, 6.45) is 4.52. The number of aliphatic hydroxyl groups is 2. The smallest absolute Gasteiger partial charge is 0.327 e. The Hall–Kier alpha value is -4.11. The minimum absolute atomic E-state index is 0.0108. The number of nitrogens with one attached hydrogen (secondary N) is 2. The number of hydrogen-bond donors (Lipinski definition) is 6. The SMILES string of the molecule is CC1(C)CCOc2c(C(=O)NC3CN4C(N)=NC(CN5C(=O)CN(C6CCCC6)C5=O)C5N=C(N)NC54C3(O)O)cccc21. The van der Waals surface area contributed by atoms with Gasteiger partial charge >= 0.3 is 6.03 Å². The lowest BCUT2D eigenvalue weighted by atomic mass is 9.79. The second kappa shape index (κ2) is 9.69. The Morgan fingerprint density at radius 1 is 1.18 bits per heavy atom. The summed E-state index contributed by atoms with van der Waals surface area (Å²) in [5, 5.41) is 29.4. The van der Waals surface area contributed by atoms with E-state index in [1.165, 1.54) is 4.90 Å². The van der Waals surface area contributed by atoms with Crippen LogP contribution in [0.5, 0.6) is 5.75 Å². The number of nitrogens with two attached hydrogens (primary N) is 2. The predicted molar refractivity (Wildman–Crippen MR) is 157 cm³/mol. The van der Waals surface area contributed by atoms with Crippen LogP contribution in [0.15, 0.2) is 28.2 Å². The van der Waals surface area contributed by atoms with E-state index in [1.54, 1.807) is 17.0 Å². The number of imide groups is 1. The van der Waals surface area contributed by atoms with Crippen molar-refractivity contribution in [2.24, 2.45) is 21.5 Å². The molecule has 15 heteroatoms. The Balaban J connectivity index is 1.16. The molecule has 1 aromatic rings. The van der Waals surface area contributed by atoms with E-state index in [0.29, 0.717) is 12.4 Å². The van der Waals surface area contributed by atoms with Crippen LogP contribution < -0.4 is 26.8 Å². The fourth-order valence-corrected chi connectivity index (χ4v) is 7.85. The maximum atomic E-state index is 13.7. The summed E-state index contributed by atoms with van der Waals surface area (Å²) in [5.74, 6) is -3.27. The van der Waals surface area contributed by atoms with Crippen LogP contribution in [-0.2, 0) is 10.2 Å². The number of aliphatic imine (C=N–C) groups is 2. The number of rotatable bonds is 5. The van der Waals surface area contributed by atoms with Gasteiger partial charge in [-0.05, 0) is 30.7 Å². The van der Waals surface area contributed by atoms with Gasteiger partial charge in [-0.2, -0.15) is 0 Å². The summed E-state index contributed by atoms with van der Waals surface area (Å²) in [6, 6.07) is 1.71. The van der Waals surface area contributed by atoms with Crippen molar-refractivity contribution in [2.45, 2.75) is 87.0 Å². The van der Waals surface area contributed by atoms with Crippen LogP contribution in [0.4, 0.5) is 4.79 Å². The Kier molecular flexibility index (Phi) is 6.31. The lowest BCUT2D eigenvalue weighted by Crippen LogP contribution is -2.78. The molecule has 4 atom stereocenters. The maximum Gasteiger partial charge on any atom is 0.327 e. The third-order valence-electron chi connectivity index (χ3n) is 10.3. The predicted octanol–water partition coefficient (Wildman–Crippen LogP) is -1.27. The molecule has 7 rings (SSSR count). The fourth-order valence-electron chi connectivity index (χ4n) is 7.85. The van der Waals surface area contributed by atoms with E-state index in [4.69, 9.17) is 16.2 Å². The summed E-state index contributed by atoms with van der Waals surface area (Å²) < 4.78 is 5.91. The fraction of sp³-hybridized carbons (Fsp3) is 0.621. The molecule has 1 spiro atoms. The van der Waals surface area contributed by atoms with Gasteiger partial charge in [-0.1, -0.05) is 38.8 Å².